The summed E-state index contributed by atoms with van der Waals surface area (Å²) in [5.74, 6) is -0.145. The van der Waals surface area contributed by atoms with Crippen LogP contribution in [0.15, 0.2) is 42.9 Å². The molecule has 0 radical (unpaired) electrons. The normalized spacial score (nSPS) is 16.6. The van der Waals surface area contributed by atoms with Crippen LogP contribution in [-0.2, 0) is 7.05 Å². The Hall–Kier alpha value is -2.81. The number of nitrogens with one attached hydrogen (secondary N) is 3. The predicted octanol–water partition coefficient (Wildman–Crippen LogP) is 2.34. The van der Waals surface area contributed by atoms with Crippen LogP contribution in [0, 0.1) is 5.82 Å². The van der Waals surface area contributed by atoms with Crippen molar-refractivity contribution >= 4 is 0 Å². The SMILES string of the molecule is CCOc1cc(-c2c(-c3cc(C4CNNN4)ccn3)ncn2C)ccc1F. The second-order valence-corrected chi connectivity index (χ2v) is 6.31. The molecule has 1 atom stereocenters. The van der Waals surface area contributed by atoms with Crippen LogP contribution in [0.4, 0.5) is 4.39 Å². The molecule has 1 aromatic carbocycles. The molecule has 7 nitrogen and oxygen atoms in total. The zero-order chi connectivity index (χ0) is 18.8. The average molecular weight is 368 g/mol. The maximum absolute atomic E-state index is 14.0. The number of ether oxygens (including phenoxy) is 1. The molecular weight excluding hydrogens is 347 g/mol. The molecule has 1 unspecified atom stereocenters. The molecule has 0 spiro atoms. The molecule has 1 saturated heterocycles. The van der Waals surface area contributed by atoms with Crippen molar-refractivity contribution in [3.8, 4) is 28.4 Å². The van der Waals surface area contributed by atoms with Crippen molar-refractivity contribution in [2.75, 3.05) is 13.2 Å². The molecule has 0 bridgehead atoms. The largest absolute Gasteiger partial charge is 0.491 e. The number of rotatable bonds is 5. The Kier molecular flexibility index (Phi) is 4.85. The number of hydrazine groups is 2. The smallest absolute Gasteiger partial charge is 0.165 e. The molecule has 3 aromatic rings. The van der Waals surface area contributed by atoms with Gasteiger partial charge in [-0.2, -0.15) is 5.53 Å². The predicted molar refractivity (Wildman–Crippen MR) is 100 cm³/mol. The first-order valence-electron chi connectivity index (χ1n) is 8.81. The lowest BCUT2D eigenvalue weighted by atomic mass is 10.0. The van der Waals surface area contributed by atoms with Crippen LogP contribution in [0.5, 0.6) is 5.75 Å². The first-order valence-corrected chi connectivity index (χ1v) is 8.81. The fourth-order valence-corrected chi connectivity index (χ4v) is 3.21. The molecule has 27 heavy (non-hydrogen) atoms. The minimum absolute atomic E-state index is 0.147. The average Bonchev–Trinajstić information content (AvgIpc) is 3.34. The van der Waals surface area contributed by atoms with E-state index in [4.69, 9.17) is 4.74 Å². The van der Waals surface area contributed by atoms with E-state index in [2.05, 4.69) is 26.4 Å². The Labute approximate surface area is 156 Å². The van der Waals surface area contributed by atoms with Gasteiger partial charge in [0.1, 0.15) is 5.69 Å². The Morgan fingerprint density at radius 2 is 2.15 bits per heavy atom. The molecule has 0 saturated carbocycles. The lowest BCUT2D eigenvalue weighted by molar-refractivity contribution is 0.321. The van der Waals surface area contributed by atoms with E-state index >= 15 is 0 Å². The maximum atomic E-state index is 14.0. The molecule has 3 heterocycles. The quantitative estimate of drug-likeness (QED) is 0.642. The number of nitrogens with zero attached hydrogens (tertiary/aromatic N) is 3. The van der Waals surface area contributed by atoms with Gasteiger partial charge in [-0.15, -0.1) is 0 Å². The van der Waals surface area contributed by atoms with Crippen molar-refractivity contribution in [3.05, 3.63) is 54.2 Å². The van der Waals surface area contributed by atoms with E-state index in [1.165, 1.54) is 6.07 Å². The number of halogens is 1. The monoisotopic (exact) mass is 368 g/mol. The summed E-state index contributed by atoms with van der Waals surface area (Å²) in [5, 5.41) is 0. The van der Waals surface area contributed by atoms with Gasteiger partial charge in [-0.1, -0.05) is 0 Å². The summed E-state index contributed by atoms with van der Waals surface area (Å²) in [6, 6.07) is 8.99. The van der Waals surface area contributed by atoms with Gasteiger partial charge in [-0.05, 0) is 42.8 Å². The van der Waals surface area contributed by atoms with E-state index in [1.54, 1.807) is 24.7 Å². The van der Waals surface area contributed by atoms with Crippen LogP contribution in [-0.4, -0.2) is 27.7 Å². The Bertz CT molecular complexity index is 951. The minimum atomic E-state index is -0.378. The molecule has 8 heteroatoms. The fraction of sp³-hybridized carbons (Fsp3) is 0.263. The third-order valence-electron chi connectivity index (χ3n) is 4.51. The summed E-state index contributed by atoms with van der Waals surface area (Å²) in [6.07, 6.45) is 3.51. The molecule has 140 valence electrons. The van der Waals surface area contributed by atoms with E-state index < -0.39 is 0 Å². The lowest BCUT2D eigenvalue weighted by Crippen LogP contribution is -2.30. The Morgan fingerprint density at radius 1 is 1.26 bits per heavy atom. The van der Waals surface area contributed by atoms with Crippen LogP contribution in [0.25, 0.3) is 22.6 Å². The van der Waals surface area contributed by atoms with E-state index in [-0.39, 0.29) is 17.6 Å². The first kappa shape index (κ1) is 17.6. The molecule has 2 aromatic heterocycles. The third kappa shape index (κ3) is 3.42. The van der Waals surface area contributed by atoms with Gasteiger partial charge in [0.15, 0.2) is 11.6 Å². The van der Waals surface area contributed by atoms with Crippen molar-refractivity contribution in [1.29, 1.82) is 0 Å². The van der Waals surface area contributed by atoms with Crippen LogP contribution < -0.4 is 21.1 Å². The highest BCUT2D eigenvalue weighted by molar-refractivity contribution is 5.77. The number of pyridine rings is 1. The van der Waals surface area contributed by atoms with Gasteiger partial charge in [-0.25, -0.2) is 20.2 Å². The summed E-state index contributed by atoms with van der Waals surface area (Å²) in [4.78, 5) is 9.05. The second kappa shape index (κ2) is 7.43. The fourth-order valence-electron chi connectivity index (χ4n) is 3.21. The van der Waals surface area contributed by atoms with Crippen molar-refractivity contribution in [2.45, 2.75) is 13.0 Å². The first-order chi connectivity index (χ1) is 13.2. The summed E-state index contributed by atoms with van der Waals surface area (Å²) in [5.41, 5.74) is 13.4. The summed E-state index contributed by atoms with van der Waals surface area (Å²) >= 11 is 0. The molecule has 1 aliphatic rings. The molecule has 1 fully saturated rings. The van der Waals surface area contributed by atoms with E-state index in [0.29, 0.717) is 6.61 Å². The number of benzene rings is 1. The molecule has 0 amide bonds. The van der Waals surface area contributed by atoms with E-state index in [0.717, 1.165) is 34.8 Å². The van der Waals surface area contributed by atoms with Crippen LogP contribution in [0.2, 0.25) is 0 Å². The van der Waals surface area contributed by atoms with Crippen molar-refractivity contribution in [1.82, 2.24) is 30.9 Å². The van der Waals surface area contributed by atoms with Gasteiger partial charge in [0.25, 0.3) is 0 Å². The molecule has 0 aliphatic carbocycles. The third-order valence-corrected chi connectivity index (χ3v) is 4.51. The van der Waals surface area contributed by atoms with Crippen LogP contribution in [0.3, 0.4) is 0 Å². The minimum Gasteiger partial charge on any atom is -0.491 e. The highest BCUT2D eigenvalue weighted by Crippen LogP contribution is 2.33. The van der Waals surface area contributed by atoms with Crippen LogP contribution >= 0.6 is 0 Å². The summed E-state index contributed by atoms with van der Waals surface area (Å²) in [7, 11) is 1.91. The van der Waals surface area contributed by atoms with Crippen molar-refractivity contribution in [3.63, 3.8) is 0 Å². The number of aromatic nitrogens is 3. The van der Waals surface area contributed by atoms with Crippen LogP contribution in [0.1, 0.15) is 18.5 Å². The van der Waals surface area contributed by atoms with Crippen molar-refractivity contribution < 1.29 is 9.13 Å². The van der Waals surface area contributed by atoms with Gasteiger partial charge in [0.2, 0.25) is 0 Å². The number of hydrogen-bond donors (Lipinski definition) is 3. The van der Waals surface area contributed by atoms with Gasteiger partial charge in [0.05, 0.1) is 30.4 Å². The zero-order valence-electron chi connectivity index (χ0n) is 15.2. The Morgan fingerprint density at radius 3 is 2.93 bits per heavy atom. The zero-order valence-corrected chi connectivity index (χ0v) is 15.2. The summed E-state index contributed by atoms with van der Waals surface area (Å²) < 4.78 is 21.3. The standard InChI is InChI=1S/C19H21FN6O/c1-3-27-17-9-13(4-5-14(17)20)19-18(22-11-26(19)2)15-8-12(6-7-21-15)16-10-23-25-24-16/h4-9,11,16,23-25H,3,10H2,1-2H3. The van der Waals surface area contributed by atoms with Gasteiger partial charge >= 0.3 is 0 Å². The van der Waals surface area contributed by atoms with E-state index in [1.807, 2.05) is 30.7 Å². The Balaban J connectivity index is 1.77. The van der Waals surface area contributed by atoms with E-state index in [9.17, 15) is 4.39 Å². The molecule has 3 N–H and O–H groups in total. The number of imidazole rings is 1. The highest BCUT2D eigenvalue weighted by atomic mass is 19.1. The van der Waals surface area contributed by atoms with Crippen molar-refractivity contribution in [2.24, 2.45) is 7.05 Å². The summed E-state index contributed by atoms with van der Waals surface area (Å²) in [6.45, 7) is 3.00. The molecule has 4 rings (SSSR count). The molecule has 1 aliphatic heterocycles. The van der Waals surface area contributed by atoms with Gasteiger partial charge < -0.3 is 9.30 Å². The topological polar surface area (TPSA) is 76.0 Å². The number of aryl methyl sites for hydroxylation is 1. The highest BCUT2D eigenvalue weighted by Gasteiger charge is 2.20. The number of hydrogen-bond acceptors (Lipinski definition) is 6. The molecular formula is C19H21FN6O. The second-order valence-electron chi connectivity index (χ2n) is 6.31. The lowest BCUT2D eigenvalue weighted by Gasteiger charge is -2.12. The van der Waals surface area contributed by atoms with Gasteiger partial charge in [0, 0.05) is 25.4 Å². The maximum Gasteiger partial charge on any atom is 0.165 e. The van der Waals surface area contributed by atoms with Gasteiger partial charge in [-0.3, -0.25) is 4.98 Å².